The van der Waals surface area contributed by atoms with E-state index in [9.17, 15) is 9.59 Å². The molecule has 1 aromatic heterocycles. The molecule has 1 fully saturated rings. The molecule has 1 saturated heterocycles. The monoisotopic (exact) mass is 413 g/mol. The van der Waals surface area contributed by atoms with E-state index in [1.807, 2.05) is 35.9 Å². The van der Waals surface area contributed by atoms with E-state index in [-0.39, 0.29) is 17.1 Å². The normalized spacial score (nSPS) is 17.7. The number of para-hydroxylation sites is 2. The van der Waals surface area contributed by atoms with Crippen molar-refractivity contribution in [2.75, 3.05) is 6.54 Å². The zero-order chi connectivity index (χ0) is 19.7. The van der Waals surface area contributed by atoms with Crippen LogP contribution in [0, 0.1) is 0 Å². The van der Waals surface area contributed by atoms with Gasteiger partial charge in [0.2, 0.25) is 5.91 Å². The summed E-state index contributed by atoms with van der Waals surface area (Å²) in [4.78, 5) is 32.1. The van der Waals surface area contributed by atoms with Gasteiger partial charge < -0.3 is 4.57 Å². The smallest absolute Gasteiger partial charge is 0.260 e. The molecule has 1 aliphatic rings. The van der Waals surface area contributed by atoms with Gasteiger partial charge in [0.1, 0.15) is 0 Å². The Morgan fingerprint density at radius 2 is 1.89 bits per heavy atom. The number of hydrogen-bond acceptors (Lipinski definition) is 4. The van der Waals surface area contributed by atoms with Gasteiger partial charge in [-0.2, -0.15) is 0 Å². The Labute approximate surface area is 172 Å². The van der Waals surface area contributed by atoms with Crippen LogP contribution in [-0.2, 0) is 11.8 Å². The number of aryl methyl sites for hydroxylation is 1. The molecule has 2 aromatic carbocycles. The van der Waals surface area contributed by atoms with Crippen molar-refractivity contribution in [2.45, 2.75) is 29.7 Å². The lowest BCUT2D eigenvalue weighted by molar-refractivity contribution is -0.127. The molecule has 0 saturated carbocycles. The molecule has 7 heteroatoms. The number of hydrogen-bond donors (Lipinski definition) is 0. The lowest BCUT2D eigenvalue weighted by atomic mass is 10.2. The Morgan fingerprint density at radius 3 is 2.64 bits per heavy atom. The molecule has 4 rings (SSSR count). The fraction of sp³-hybridized carbons (Fsp3) is 0.286. The number of imidazole rings is 1. The summed E-state index contributed by atoms with van der Waals surface area (Å²) in [7, 11) is 1.95. The van der Waals surface area contributed by atoms with Crippen molar-refractivity contribution in [1.29, 1.82) is 0 Å². The second kappa shape index (κ2) is 7.97. The zero-order valence-corrected chi connectivity index (χ0v) is 17.0. The van der Waals surface area contributed by atoms with E-state index in [1.54, 1.807) is 24.3 Å². The Kier molecular flexibility index (Phi) is 5.42. The van der Waals surface area contributed by atoms with Gasteiger partial charge in [0, 0.05) is 24.2 Å². The maximum Gasteiger partial charge on any atom is 0.260 e. The molecule has 2 heterocycles. The van der Waals surface area contributed by atoms with Crippen molar-refractivity contribution >= 4 is 46.2 Å². The van der Waals surface area contributed by atoms with E-state index < -0.39 is 0 Å². The van der Waals surface area contributed by atoms with Crippen LogP contribution in [0.25, 0.3) is 11.0 Å². The first kappa shape index (κ1) is 19.0. The second-order valence-electron chi connectivity index (χ2n) is 6.85. The largest absolute Gasteiger partial charge is 0.322 e. The van der Waals surface area contributed by atoms with Crippen molar-refractivity contribution < 1.29 is 9.59 Å². The molecule has 1 unspecified atom stereocenters. The molecule has 0 aliphatic carbocycles. The van der Waals surface area contributed by atoms with Gasteiger partial charge in [-0.3, -0.25) is 14.5 Å². The number of imide groups is 1. The average Bonchev–Trinajstić information content (AvgIpc) is 2.90. The van der Waals surface area contributed by atoms with Gasteiger partial charge >= 0.3 is 0 Å². The number of rotatable bonds is 3. The predicted octanol–water partition coefficient (Wildman–Crippen LogP) is 4.54. The summed E-state index contributed by atoms with van der Waals surface area (Å²) in [6.45, 7) is 0.444. The number of thioether (sulfide) groups is 1. The maximum absolute atomic E-state index is 13.2. The van der Waals surface area contributed by atoms with Gasteiger partial charge in [0.05, 0.1) is 16.3 Å². The SMILES string of the molecule is Cn1c(SC2CCCCN(C(=O)c3ccc(Cl)cc3)C2=O)nc2ccccc21. The van der Waals surface area contributed by atoms with E-state index in [0.717, 1.165) is 35.5 Å². The number of carbonyl (C=O) groups excluding carboxylic acids is 2. The van der Waals surface area contributed by atoms with Gasteiger partial charge in [-0.1, -0.05) is 41.9 Å². The first-order valence-corrected chi connectivity index (χ1v) is 10.5. The second-order valence-corrected chi connectivity index (χ2v) is 8.45. The van der Waals surface area contributed by atoms with Gasteiger partial charge in [-0.25, -0.2) is 4.98 Å². The number of benzene rings is 2. The Bertz CT molecular complexity index is 1030. The van der Waals surface area contributed by atoms with Crippen LogP contribution in [0.3, 0.4) is 0 Å². The topological polar surface area (TPSA) is 55.2 Å². The minimum atomic E-state index is -0.325. The van der Waals surface area contributed by atoms with E-state index in [4.69, 9.17) is 11.6 Å². The highest BCUT2D eigenvalue weighted by Gasteiger charge is 2.33. The number of fused-ring (bicyclic) bond motifs is 1. The Morgan fingerprint density at radius 1 is 1.14 bits per heavy atom. The summed E-state index contributed by atoms with van der Waals surface area (Å²) in [5.41, 5.74) is 2.41. The van der Waals surface area contributed by atoms with E-state index in [2.05, 4.69) is 4.98 Å². The third-order valence-corrected chi connectivity index (χ3v) is 6.52. The zero-order valence-electron chi connectivity index (χ0n) is 15.5. The lowest BCUT2D eigenvalue weighted by Gasteiger charge is -2.22. The van der Waals surface area contributed by atoms with Crippen molar-refractivity contribution in [3.63, 3.8) is 0 Å². The van der Waals surface area contributed by atoms with Gasteiger partial charge in [-0.15, -0.1) is 0 Å². The molecular weight excluding hydrogens is 394 g/mol. The fourth-order valence-electron chi connectivity index (χ4n) is 3.42. The van der Waals surface area contributed by atoms with Crippen molar-refractivity contribution in [2.24, 2.45) is 7.05 Å². The number of likely N-dealkylation sites (tertiary alicyclic amines) is 1. The highest BCUT2D eigenvalue weighted by molar-refractivity contribution is 8.00. The molecule has 0 radical (unpaired) electrons. The van der Waals surface area contributed by atoms with Gasteiger partial charge in [0.15, 0.2) is 5.16 Å². The molecule has 0 bridgehead atoms. The molecule has 0 N–H and O–H groups in total. The summed E-state index contributed by atoms with van der Waals surface area (Å²) >= 11 is 7.36. The average molecular weight is 414 g/mol. The summed E-state index contributed by atoms with van der Waals surface area (Å²) in [6.07, 6.45) is 2.44. The van der Waals surface area contributed by atoms with Crippen LogP contribution in [0.15, 0.2) is 53.7 Å². The fourth-order valence-corrected chi connectivity index (χ4v) is 4.72. The first-order valence-electron chi connectivity index (χ1n) is 9.24. The molecule has 5 nitrogen and oxygen atoms in total. The van der Waals surface area contributed by atoms with Gasteiger partial charge in [0.25, 0.3) is 5.91 Å². The minimum Gasteiger partial charge on any atom is -0.322 e. The molecule has 28 heavy (non-hydrogen) atoms. The van der Waals surface area contributed by atoms with E-state index in [1.165, 1.54) is 16.7 Å². The van der Waals surface area contributed by atoms with Crippen LogP contribution in [0.2, 0.25) is 5.02 Å². The third kappa shape index (κ3) is 3.66. The first-order chi connectivity index (χ1) is 13.5. The van der Waals surface area contributed by atoms with Crippen LogP contribution < -0.4 is 0 Å². The predicted molar refractivity (Wildman–Crippen MR) is 112 cm³/mol. The van der Waals surface area contributed by atoms with E-state index in [0.29, 0.717) is 17.1 Å². The van der Waals surface area contributed by atoms with Crippen molar-refractivity contribution in [3.05, 3.63) is 59.1 Å². The Hall–Kier alpha value is -2.31. The summed E-state index contributed by atoms with van der Waals surface area (Å²) in [6, 6.07) is 14.6. The van der Waals surface area contributed by atoms with Crippen molar-refractivity contribution in [3.8, 4) is 0 Å². The molecule has 144 valence electrons. The Balaban J connectivity index is 1.58. The molecule has 3 aromatic rings. The maximum atomic E-state index is 13.2. The highest BCUT2D eigenvalue weighted by Crippen LogP contribution is 2.32. The summed E-state index contributed by atoms with van der Waals surface area (Å²) in [5, 5.41) is 1.03. The molecule has 2 amide bonds. The van der Waals surface area contributed by atoms with Crippen LogP contribution >= 0.6 is 23.4 Å². The standard InChI is InChI=1S/C21H20ClN3O2S/c1-24-17-7-3-2-6-16(17)23-21(24)28-18-8-4-5-13-25(20(18)27)19(26)14-9-11-15(22)12-10-14/h2-3,6-7,9-12,18H,4-5,8,13H2,1H3. The van der Waals surface area contributed by atoms with Gasteiger partial charge in [-0.05, 0) is 49.2 Å². The van der Waals surface area contributed by atoms with Crippen LogP contribution in [0.5, 0.6) is 0 Å². The highest BCUT2D eigenvalue weighted by atomic mass is 35.5. The summed E-state index contributed by atoms with van der Waals surface area (Å²) < 4.78 is 2.00. The van der Waals surface area contributed by atoms with Crippen molar-refractivity contribution in [1.82, 2.24) is 14.5 Å². The van der Waals surface area contributed by atoms with Crippen LogP contribution in [0.1, 0.15) is 29.6 Å². The number of halogens is 1. The van der Waals surface area contributed by atoms with Crippen LogP contribution in [-0.4, -0.2) is 38.1 Å². The van der Waals surface area contributed by atoms with Crippen LogP contribution in [0.4, 0.5) is 0 Å². The van der Waals surface area contributed by atoms with E-state index >= 15 is 0 Å². The number of nitrogens with zero attached hydrogens (tertiary/aromatic N) is 3. The minimum absolute atomic E-state index is 0.144. The molecular formula is C21H20ClN3O2S. The molecule has 1 aliphatic heterocycles. The number of aromatic nitrogens is 2. The summed E-state index contributed by atoms with van der Waals surface area (Å²) in [5.74, 6) is -0.409. The quantitative estimate of drug-likeness (QED) is 0.591. The molecule has 0 spiro atoms. The molecule has 1 atom stereocenters. The number of amides is 2. The number of carbonyl (C=O) groups is 2. The third-order valence-electron chi connectivity index (χ3n) is 4.97. The lowest BCUT2D eigenvalue weighted by Crippen LogP contribution is -2.41.